The highest BCUT2D eigenvalue weighted by Crippen LogP contribution is 2.12. The lowest BCUT2D eigenvalue weighted by atomic mass is 10.2. The van der Waals surface area contributed by atoms with Crippen molar-refractivity contribution in [3.8, 4) is 5.75 Å². The van der Waals surface area contributed by atoms with Crippen LogP contribution >= 0.6 is 0 Å². The Bertz CT molecular complexity index is 214. The minimum absolute atomic E-state index is 0.167. The van der Waals surface area contributed by atoms with Crippen molar-refractivity contribution in [3.05, 3.63) is 24.0 Å². The first-order valence-corrected chi connectivity index (χ1v) is 2.90. The van der Waals surface area contributed by atoms with Crippen LogP contribution in [-0.2, 0) is 6.54 Å². The maximum absolute atomic E-state index is 9.08. The first-order chi connectivity index (χ1) is 4.84. The Morgan fingerprint density at radius 1 is 1.70 bits per heavy atom. The van der Waals surface area contributed by atoms with Crippen molar-refractivity contribution in [3.63, 3.8) is 0 Å². The van der Waals surface area contributed by atoms with Crippen molar-refractivity contribution in [2.75, 3.05) is 0 Å². The summed E-state index contributed by atoms with van der Waals surface area (Å²) in [5.41, 5.74) is 3.18. The van der Waals surface area contributed by atoms with Gasteiger partial charge >= 0.3 is 0 Å². The molecule has 0 fully saturated rings. The fourth-order valence-electron chi connectivity index (χ4n) is 0.674. The maximum atomic E-state index is 9.08. The molecule has 54 valence electrons. The molecule has 0 saturated heterocycles. The molecular weight excluding hydrogens is 130 g/mol. The Kier molecular flexibility index (Phi) is 2.20. The van der Waals surface area contributed by atoms with E-state index < -0.39 is 0 Å². The molecule has 0 radical (unpaired) electrons. The summed E-state index contributed by atoms with van der Waals surface area (Å²) in [7, 11) is 0. The number of hydrazine groups is 1. The first-order valence-electron chi connectivity index (χ1n) is 2.90. The smallest absolute Gasteiger partial charge is 0.138 e. The van der Waals surface area contributed by atoms with Gasteiger partial charge in [0.25, 0.3) is 0 Å². The minimum Gasteiger partial charge on any atom is -0.506 e. The molecule has 1 aromatic rings. The lowest BCUT2D eigenvalue weighted by Gasteiger charge is -2.00. The van der Waals surface area contributed by atoms with Crippen LogP contribution in [0, 0.1) is 0 Å². The molecule has 1 aromatic heterocycles. The van der Waals surface area contributed by atoms with Gasteiger partial charge in [-0.05, 0) is 6.07 Å². The summed E-state index contributed by atoms with van der Waals surface area (Å²) in [5.74, 6) is 5.21. The average Bonchev–Trinajstić information content (AvgIpc) is 1.94. The molecular formula is C6H9N3O. The topological polar surface area (TPSA) is 71.2 Å². The number of aromatic nitrogens is 1. The van der Waals surface area contributed by atoms with E-state index in [9.17, 15) is 0 Å². The molecule has 0 aliphatic rings. The molecule has 0 unspecified atom stereocenters. The molecule has 1 heterocycles. The van der Waals surface area contributed by atoms with E-state index in [0.29, 0.717) is 6.54 Å². The highest BCUT2D eigenvalue weighted by molar-refractivity contribution is 5.27. The van der Waals surface area contributed by atoms with Crippen molar-refractivity contribution in [1.29, 1.82) is 0 Å². The zero-order valence-electron chi connectivity index (χ0n) is 5.41. The number of pyridine rings is 1. The molecule has 4 heteroatoms. The van der Waals surface area contributed by atoms with Gasteiger partial charge in [-0.1, -0.05) is 0 Å². The molecule has 0 bridgehead atoms. The first kappa shape index (κ1) is 6.98. The number of nitrogens with one attached hydrogen (secondary N) is 1. The van der Waals surface area contributed by atoms with E-state index in [1.165, 1.54) is 6.20 Å². The molecule has 4 N–H and O–H groups in total. The largest absolute Gasteiger partial charge is 0.506 e. The Labute approximate surface area is 58.7 Å². The van der Waals surface area contributed by atoms with Crippen LogP contribution in [0.15, 0.2) is 18.5 Å². The second-order valence-electron chi connectivity index (χ2n) is 1.89. The van der Waals surface area contributed by atoms with Gasteiger partial charge in [-0.15, -0.1) is 0 Å². The third-order valence-electron chi connectivity index (χ3n) is 1.18. The Balaban J connectivity index is 2.81. The van der Waals surface area contributed by atoms with Gasteiger partial charge in [0.1, 0.15) is 5.75 Å². The predicted molar refractivity (Wildman–Crippen MR) is 36.9 cm³/mol. The van der Waals surface area contributed by atoms with Gasteiger partial charge in [-0.25, -0.2) is 0 Å². The van der Waals surface area contributed by atoms with Gasteiger partial charge in [0.2, 0.25) is 0 Å². The lowest BCUT2D eigenvalue weighted by Crippen LogP contribution is -2.20. The normalized spacial score (nSPS) is 9.70. The maximum Gasteiger partial charge on any atom is 0.138 e. The standard InChI is InChI=1S/C6H9N3O/c7-9-3-5-1-2-8-4-6(5)10/h1-2,4,9-10H,3,7H2. The number of nitrogens with zero attached hydrogens (tertiary/aromatic N) is 1. The van der Waals surface area contributed by atoms with Crippen LogP contribution in [0.25, 0.3) is 0 Å². The zero-order chi connectivity index (χ0) is 7.40. The van der Waals surface area contributed by atoms with E-state index in [-0.39, 0.29) is 5.75 Å². The Hall–Kier alpha value is -1.13. The van der Waals surface area contributed by atoms with Gasteiger partial charge in [-0.3, -0.25) is 16.3 Å². The fraction of sp³-hybridized carbons (Fsp3) is 0.167. The number of nitrogens with two attached hydrogens (primary N) is 1. The van der Waals surface area contributed by atoms with Crippen LogP contribution in [0.3, 0.4) is 0 Å². The summed E-state index contributed by atoms with van der Waals surface area (Å²) in [4.78, 5) is 3.71. The second kappa shape index (κ2) is 3.14. The summed E-state index contributed by atoms with van der Waals surface area (Å²) < 4.78 is 0. The van der Waals surface area contributed by atoms with Crippen molar-refractivity contribution in [1.82, 2.24) is 10.4 Å². The van der Waals surface area contributed by atoms with Crippen LogP contribution in [-0.4, -0.2) is 10.1 Å². The Morgan fingerprint density at radius 3 is 3.10 bits per heavy atom. The van der Waals surface area contributed by atoms with Gasteiger partial charge in [0.15, 0.2) is 0 Å². The average molecular weight is 139 g/mol. The molecule has 0 saturated carbocycles. The predicted octanol–water partition coefficient (Wildman–Crippen LogP) is -0.250. The van der Waals surface area contributed by atoms with Gasteiger partial charge < -0.3 is 5.11 Å². The zero-order valence-corrected chi connectivity index (χ0v) is 5.41. The van der Waals surface area contributed by atoms with Crippen molar-refractivity contribution in [2.45, 2.75) is 6.54 Å². The Morgan fingerprint density at radius 2 is 2.50 bits per heavy atom. The van der Waals surface area contributed by atoms with Crippen LogP contribution in [0.5, 0.6) is 5.75 Å². The molecule has 0 aromatic carbocycles. The highest BCUT2D eigenvalue weighted by atomic mass is 16.3. The number of hydrogen-bond donors (Lipinski definition) is 3. The lowest BCUT2D eigenvalue weighted by molar-refractivity contribution is 0.462. The van der Waals surface area contributed by atoms with E-state index in [2.05, 4.69) is 10.4 Å². The monoisotopic (exact) mass is 139 g/mol. The molecule has 0 aliphatic heterocycles. The van der Waals surface area contributed by atoms with Crippen LogP contribution in [0.4, 0.5) is 0 Å². The number of aromatic hydroxyl groups is 1. The van der Waals surface area contributed by atoms with E-state index in [1.54, 1.807) is 12.3 Å². The van der Waals surface area contributed by atoms with Gasteiger partial charge in [0, 0.05) is 18.3 Å². The summed E-state index contributed by atoms with van der Waals surface area (Å²) in [6.45, 7) is 0.453. The highest BCUT2D eigenvalue weighted by Gasteiger charge is 1.96. The molecule has 0 amide bonds. The van der Waals surface area contributed by atoms with Crippen LogP contribution in [0.2, 0.25) is 0 Å². The third kappa shape index (κ3) is 1.43. The fourth-order valence-corrected chi connectivity index (χ4v) is 0.674. The summed E-state index contributed by atoms with van der Waals surface area (Å²) in [5, 5.41) is 9.08. The van der Waals surface area contributed by atoms with Crippen LogP contribution < -0.4 is 11.3 Å². The SMILES string of the molecule is NNCc1ccncc1O. The summed E-state index contributed by atoms with van der Waals surface area (Å²) in [6.07, 6.45) is 2.99. The van der Waals surface area contributed by atoms with Gasteiger partial charge in [-0.2, -0.15) is 0 Å². The van der Waals surface area contributed by atoms with Crippen molar-refractivity contribution >= 4 is 0 Å². The van der Waals surface area contributed by atoms with Crippen molar-refractivity contribution in [2.24, 2.45) is 5.84 Å². The van der Waals surface area contributed by atoms with Crippen LogP contribution in [0.1, 0.15) is 5.56 Å². The molecule has 0 atom stereocenters. The minimum atomic E-state index is 0.167. The molecule has 0 spiro atoms. The van der Waals surface area contributed by atoms with E-state index >= 15 is 0 Å². The third-order valence-corrected chi connectivity index (χ3v) is 1.18. The van der Waals surface area contributed by atoms with E-state index in [1.807, 2.05) is 0 Å². The quantitative estimate of drug-likeness (QED) is 0.390. The number of rotatable bonds is 2. The molecule has 4 nitrogen and oxygen atoms in total. The molecule has 0 aliphatic carbocycles. The van der Waals surface area contributed by atoms with E-state index in [4.69, 9.17) is 10.9 Å². The van der Waals surface area contributed by atoms with Crippen molar-refractivity contribution < 1.29 is 5.11 Å². The van der Waals surface area contributed by atoms with E-state index in [0.717, 1.165) is 5.56 Å². The summed E-state index contributed by atoms with van der Waals surface area (Å²) >= 11 is 0. The molecule has 1 rings (SSSR count). The van der Waals surface area contributed by atoms with Gasteiger partial charge in [0.05, 0.1) is 6.20 Å². The number of hydrogen-bond acceptors (Lipinski definition) is 4. The second-order valence-corrected chi connectivity index (χ2v) is 1.89. The summed E-state index contributed by atoms with van der Waals surface area (Å²) in [6, 6.07) is 1.70. The molecule has 10 heavy (non-hydrogen) atoms.